The van der Waals surface area contributed by atoms with Crippen LogP contribution in [0.25, 0.3) is 0 Å². The number of carbonyl (C=O) groups is 2. The number of aliphatic hydroxyl groups excluding tert-OH is 3. The average molecular weight is 366 g/mol. The third kappa shape index (κ3) is 5.25. The Morgan fingerprint density at radius 1 is 1.00 bits per heavy atom. The third-order valence-electron chi connectivity index (χ3n) is 4.75. The topological polar surface area (TPSA) is 139 Å². The zero-order valence-corrected chi connectivity index (χ0v) is 14.6. The van der Waals surface area contributed by atoms with Gasteiger partial charge in [0.25, 0.3) is 0 Å². The van der Waals surface area contributed by atoms with Crippen LogP contribution in [-0.2, 0) is 16.1 Å². The summed E-state index contributed by atoms with van der Waals surface area (Å²) >= 11 is 0. The molecule has 8 heteroatoms. The molecular formula is C18H26N2O6. The first-order valence-corrected chi connectivity index (χ1v) is 8.67. The highest BCUT2D eigenvalue weighted by molar-refractivity contribution is 5.90. The van der Waals surface area contributed by atoms with Crippen molar-refractivity contribution in [2.24, 2.45) is 5.92 Å². The Morgan fingerprint density at radius 2 is 1.65 bits per heavy atom. The molecule has 1 aliphatic carbocycles. The Hall–Kier alpha value is -2.00. The van der Waals surface area contributed by atoms with Gasteiger partial charge in [-0.1, -0.05) is 19.1 Å². The molecule has 0 heterocycles. The Balaban J connectivity index is 1.80. The molecule has 0 aromatic heterocycles. The number of hydrogen-bond donors (Lipinski definition) is 6. The predicted octanol–water partition coefficient (Wildman–Crippen LogP) is 0.0706. The van der Waals surface area contributed by atoms with Crippen LogP contribution in [0.2, 0.25) is 0 Å². The highest BCUT2D eigenvalue weighted by Crippen LogP contribution is 2.27. The van der Waals surface area contributed by atoms with Crippen LogP contribution in [0.1, 0.15) is 31.7 Å². The summed E-state index contributed by atoms with van der Waals surface area (Å²) in [5.74, 6) is -1.43. The van der Waals surface area contributed by atoms with Gasteiger partial charge in [0.05, 0.1) is 12.2 Å². The van der Waals surface area contributed by atoms with Crippen LogP contribution in [0, 0.1) is 5.92 Å². The minimum absolute atomic E-state index is 0.0349. The molecule has 8 nitrogen and oxygen atoms in total. The molecule has 26 heavy (non-hydrogen) atoms. The van der Waals surface area contributed by atoms with Gasteiger partial charge in [-0.3, -0.25) is 9.59 Å². The normalized spacial score (nSPS) is 28.1. The third-order valence-corrected chi connectivity index (χ3v) is 4.75. The zero-order chi connectivity index (χ0) is 19.3. The summed E-state index contributed by atoms with van der Waals surface area (Å²) in [6, 6.07) is 6.71. The zero-order valence-electron chi connectivity index (χ0n) is 14.6. The summed E-state index contributed by atoms with van der Waals surface area (Å²) in [5.41, 5.74) is 1.54. The van der Waals surface area contributed by atoms with Gasteiger partial charge in [0.1, 0.15) is 6.10 Å². The van der Waals surface area contributed by atoms with Crippen molar-refractivity contribution >= 4 is 17.6 Å². The standard InChI is InChI=1S/C18H26N2O6/c1-10-15(17(25)18(26)16(10)24)19-9-11-5-7-12(8-6-11)20-13(21)3-2-4-14(22)23/h5-8,10,15-19,24-26H,2-4,9H2,1H3,(H,20,21)(H,22,23)/t10-,15-,16-,17-,18-/m1/s1. The van der Waals surface area contributed by atoms with E-state index in [1.807, 2.05) is 12.1 Å². The summed E-state index contributed by atoms with van der Waals surface area (Å²) < 4.78 is 0. The Kier molecular flexibility index (Phi) is 7.10. The van der Waals surface area contributed by atoms with Gasteiger partial charge in [0.15, 0.2) is 0 Å². The first kappa shape index (κ1) is 20.3. The molecule has 0 radical (unpaired) electrons. The number of amides is 1. The molecule has 1 amide bonds. The van der Waals surface area contributed by atoms with Crippen molar-refractivity contribution in [1.82, 2.24) is 5.32 Å². The maximum atomic E-state index is 11.7. The number of anilines is 1. The Morgan fingerprint density at radius 3 is 2.19 bits per heavy atom. The van der Waals surface area contributed by atoms with Crippen molar-refractivity contribution in [1.29, 1.82) is 0 Å². The van der Waals surface area contributed by atoms with Gasteiger partial charge in [-0.05, 0) is 24.1 Å². The van der Waals surface area contributed by atoms with E-state index in [9.17, 15) is 24.9 Å². The lowest BCUT2D eigenvalue weighted by atomic mass is 10.0. The molecule has 5 atom stereocenters. The molecule has 6 N–H and O–H groups in total. The SMILES string of the molecule is C[C@H]1[C@@H](O)[C@@H](O)[C@H](O)[C@@H]1NCc1ccc(NC(=O)CCCC(=O)O)cc1. The molecule has 1 saturated carbocycles. The van der Waals surface area contributed by atoms with Crippen molar-refractivity contribution in [2.75, 3.05) is 5.32 Å². The molecule has 0 spiro atoms. The van der Waals surface area contributed by atoms with E-state index in [0.717, 1.165) is 5.56 Å². The smallest absolute Gasteiger partial charge is 0.303 e. The maximum Gasteiger partial charge on any atom is 0.303 e. The Bertz CT molecular complexity index is 607. The molecule has 0 saturated heterocycles. The lowest BCUT2D eigenvalue weighted by Crippen LogP contribution is -2.41. The lowest BCUT2D eigenvalue weighted by molar-refractivity contribution is -0.137. The fourth-order valence-corrected chi connectivity index (χ4v) is 3.12. The minimum Gasteiger partial charge on any atom is -0.481 e. The van der Waals surface area contributed by atoms with Gasteiger partial charge in [0.2, 0.25) is 5.91 Å². The number of carboxylic acids is 1. The second kappa shape index (κ2) is 9.09. The van der Waals surface area contributed by atoms with Crippen LogP contribution in [0.4, 0.5) is 5.69 Å². The number of aliphatic carboxylic acids is 1. The maximum absolute atomic E-state index is 11.7. The molecule has 1 aromatic rings. The predicted molar refractivity (Wildman–Crippen MR) is 94.4 cm³/mol. The molecule has 0 unspecified atom stereocenters. The molecule has 0 bridgehead atoms. The lowest BCUT2D eigenvalue weighted by Gasteiger charge is -2.21. The van der Waals surface area contributed by atoms with Gasteiger partial charge < -0.3 is 31.1 Å². The van der Waals surface area contributed by atoms with Gasteiger partial charge >= 0.3 is 5.97 Å². The number of carboxylic acid groups (broad SMARTS) is 1. The van der Waals surface area contributed by atoms with Gasteiger partial charge in [-0.25, -0.2) is 0 Å². The fourth-order valence-electron chi connectivity index (χ4n) is 3.12. The quantitative estimate of drug-likeness (QED) is 0.383. The van der Waals surface area contributed by atoms with E-state index in [-0.39, 0.29) is 24.7 Å². The summed E-state index contributed by atoms with van der Waals surface area (Å²) in [5, 5.41) is 43.9. The van der Waals surface area contributed by atoms with E-state index in [1.165, 1.54) is 0 Å². The highest BCUT2D eigenvalue weighted by atomic mass is 16.4. The van der Waals surface area contributed by atoms with Crippen LogP contribution < -0.4 is 10.6 Å². The van der Waals surface area contributed by atoms with E-state index >= 15 is 0 Å². The monoisotopic (exact) mass is 366 g/mol. The van der Waals surface area contributed by atoms with Gasteiger partial charge in [-0.15, -0.1) is 0 Å². The number of hydrogen-bond acceptors (Lipinski definition) is 6. The Labute approximate surface area is 151 Å². The van der Waals surface area contributed by atoms with Crippen LogP contribution in [0.5, 0.6) is 0 Å². The molecular weight excluding hydrogens is 340 g/mol. The van der Waals surface area contributed by atoms with E-state index in [0.29, 0.717) is 18.7 Å². The fraction of sp³-hybridized carbons (Fsp3) is 0.556. The van der Waals surface area contributed by atoms with Crippen molar-refractivity contribution in [3.05, 3.63) is 29.8 Å². The molecule has 1 aliphatic rings. The van der Waals surface area contributed by atoms with Crippen LogP contribution in [0.15, 0.2) is 24.3 Å². The molecule has 1 fully saturated rings. The summed E-state index contributed by atoms with van der Waals surface area (Å²) in [6.07, 6.45) is -2.72. The average Bonchev–Trinajstić information content (AvgIpc) is 2.78. The summed E-state index contributed by atoms with van der Waals surface area (Å²) in [4.78, 5) is 22.1. The summed E-state index contributed by atoms with van der Waals surface area (Å²) in [7, 11) is 0. The highest BCUT2D eigenvalue weighted by Gasteiger charge is 2.46. The van der Waals surface area contributed by atoms with Crippen LogP contribution in [0.3, 0.4) is 0 Å². The van der Waals surface area contributed by atoms with Crippen molar-refractivity contribution in [3.8, 4) is 0 Å². The minimum atomic E-state index is -1.15. The largest absolute Gasteiger partial charge is 0.481 e. The van der Waals surface area contributed by atoms with Crippen LogP contribution >= 0.6 is 0 Å². The molecule has 0 aliphatic heterocycles. The van der Waals surface area contributed by atoms with E-state index in [4.69, 9.17) is 5.11 Å². The first-order valence-electron chi connectivity index (χ1n) is 8.67. The van der Waals surface area contributed by atoms with E-state index in [1.54, 1.807) is 19.1 Å². The summed E-state index contributed by atoms with van der Waals surface area (Å²) in [6.45, 7) is 2.21. The molecule has 1 aromatic carbocycles. The molecule has 2 rings (SSSR count). The van der Waals surface area contributed by atoms with Crippen molar-refractivity contribution in [2.45, 2.75) is 57.1 Å². The van der Waals surface area contributed by atoms with E-state index in [2.05, 4.69) is 10.6 Å². The molecule has 144 valence electrons. The number of nitrogens with one attached hydrogen (secondary N) is 2. The second-order valence-electron chi connectivity index (χ2n) is 6.73. The van der Waals surface area contributed by atoms with Gasteiger partial charge in [0, 0.05) is 37.0 Å². The number of rotatable bonds is 8. The number of benzene rings is 1. The first-order chi connectivity index (χ1) is 12.3. The van der Waals surface area contributed by atoms with Crippen molar-refractivity contribution in [3.63, 3.8) is 0 Å². The van der Waals surface area contributed by atoms with E-state index < -0.39 is 30.3 Å². The second-order valence-corrected chi connectivity index (χ2v) is 6.73. The number of carbonyl (C=O) groups excluding carboxylic acids is 1. The van der Waals surface area contributed by atoms with Crippen molar-refractivity contribution < 1.29 is 30.0 Å². The van der Waals surface area contributed by atoms with Gasteiger partial charge in [-0.2, -0.15) is 0 Å². The number of aliphatic hydroxyl groups is 3. The van der Waals surface area contributed by atoms with Crippen LogP contribution in [-0.4, -0.2) is 56.7 Å².